The van der Waals surface area contributed by atoms with Crippen LogP contribution in [0.5, 0.6) is 0 Å². The molecule has 0 aliphatic carbocycles. The molecule has 1 fully saturated rings. The number of hydrogen-bond donors (Lipinski definition) is 3. The Bertz CT molecular complexity index is 1330. The van der Waals surface area contributed by atoms with Crippen molar-refractivity contribution >= 4 is 28.4 Å². The molecule has 1 aliphatic heterocycles. The molecule has 1 aliphatic rings. The number of carbonyl (C=O) groups excluding carboxylic acids is 1. The molecule has 0 saturated carbocycles. The van der Waals surface area contributed by atoms with Crippen molar-refractivity contribution in [3.8, 4) is 11.4 Å². The van der Waals surface area contributed by atoms with Crippen LogP contribution in [0.2, 0.25) is 0 Å². The molecule has 1 saturated heterocycles. The molecule has 33 heavy (non-hydrogen) atoms. The largest absolute Gasteiger partial charge is 0.365 e. The fraction of sp³-hybridized carbons (Fsp3) is 0.174. The van der Waals surface area contributed by atoms with E-state index in [2.05, 4.69) is 35.9 Å². The third-order valence-corrected chi connectivity index (χ3v) is 5.29. The van der Waals surface area contributed by atoms with Gasteiger partial charge in [-0.25, -0.2) is 23.7 Å². The Morgan fingerprint density at radius 2 is 1.85 bits per heavy atom. The van der Waals surface area contributed by atoms with Crippen molar-refractivity contribution in [3.63, 3.8) is 0 Å². The zero-order valence-electron chi connectivity index (χ0n) is 17.3. The van der Waals surface area contributed by atoms with Gasteiger partial charge in [0.2, 0.25) is 0 Å². The zero-order valence-corrected chi connectivity index (χ0v) is 17.3. The summed E-state index contributed by atoms with van der Waals surface area (Å²) in [6.07, 6.45) is 4.24. The van der Waals surface area contributed by atoms with E-state index in [4.69, 9.17) is 0 Å². The Morgan fingerprint density at radius 3 is 2.61 bits per heavy atom. The molecule has 4 aromatic rings. The second-order valence-corrected chi connectivity index (χ2v) is 7.79. The van der Waals surface area contributed by atoms with E-state index in [1.807, 2.05) is 6.07 Å². The number of pyridine rings is 2. The molecule has 0 unspecified atom stereocenters. The van der Waals surface area contributed by atoms with E-state index >= 15 is 0 Å². The van der Waals surface area contributed by atoms with E-state index in [0.29, 0.717) is 22.6 Å². The van der Waals surface area contributed by atoms with Gasteiger partial charge >= 0.3 is 0 Å². The number of benzene rings is 1. The molecule has 8 nitrogen and oxygen atoms in total. The monoisotopic (exact) mass is 447 g/mol. The van der Waals surface area contributed by atoms with E-state index in [9.17, 15) is 13.6 Å². The van der Waals surface area contributed by atoms with Crippen LogP contribution in [-0.2, 0) is 0 Å². The Kier molecular flexibility index (Phi) is 5.35. The molecule has 10 heteroatoms. The SMILES string of the molecule is O=C(Nc1cc2nc(-c3cncc(NCC4(F)CNC4)n3)cc(F)c2cn1)c1ccccc1. The summed E-state index contributed by atoms with van der Waals surface area (Å²) in [6, 6.07) is 11.4. The van der Waals surface area contributed by atoms with Crippen molar-refractivity contribution in [2.45, 2.75) is 5.67 Å². The van der Waals surface area contributed by atoms with E-state index in [0.717, 1.165) is 0 Å². The number of nitrogens with zero attached hydrogens (tertiary/aromatic N) is 4. The Labute approximate surface area is 187 Å². The van der Waals surface area contributed by atoms with Crippen molar-refractivity contribution in [2.75, 3.05) is 30.3 Å². The van der Waals surface area contributed by atoms with Crippen molar-refractivity contribution < 1.29 is 13.6 Å². The second-order valence-electron chi connectivity index (χ2n) is 7.79. The quantitative estimate of drug-likeness (QED) is 0.417. The van der Waals surface area contributed by atoms with Gasteiger partial charge in [0.15, 0.2) is 5.67 Å². The summed E-state index contributed by atoms with van der Waals surface area (Å²) in [7, 11) is 0. The van der Waals surface area contributed by atoms with Crippen LogP contribution in [0.3, 0.4) is 0 Å². The number of aromatic nitrogens is 4. The molecular formula is C23H19F2N7O. The molecule has 166 valence electrons. The van der Waals surface area contributed by atoms with Crippen molar-refractivity contribution in [1.29, 1.82) is 0 Å². The van der Waals surface area contributed by atoms with Crippen LogP contribution >= 0.6 is 0 Å². The van der Waals surface area contributed by atoms with Gasteiger partial charge in [0.05, 0.1) is 35.5 Å². The molecule has 5 rings (SSSR count). The van der Waals surface area contributed by atoms with Crippen LogP contribution in [0.4, 0.5) is 20.4 Å². The van der Waals surface area contributed by atoms with Gasteiger partial charge in [0, 0.05) is 37.0 Å². The standard InChI is InChI=1S/C23H19F2N7O/c24-16-6-18(19-9-26-10-21(31-19)29-13-23(25)11-27-12-23)30-17-7-20(28-8-15(16)17)32-22(33)14-4-2-1-3-5-14/h1-10,27H,11-13H2,(H,29,31)(H,28,32,33). The van der Waals surface area contributed by atoms with Gasteiger partial charge in [-0.05, 0) is 12.1 Å². The average molecular weight is 447 g/mol. The Morgan fingerprint density at radius 1 is 1.03 bits per heavy atom. The lowest BCUT2D eigenvalue weighted by Crippen LogP contribution is -2.59. The first kappa shape index (κ1) is 20.8. The summed E-state index contributed by atoms with van der Waals surface area (Å²) < 4.78 is 29.0. The highest BCUT2D eigenvalue weighted by molar-refractivity contribution is 6.04. The molecule has 3 aromatic heterocycles. The lowest BCUT2D eigenvalue weighted by Gasteiger charge is -2.34. The van der Waals surface area contributed by atoms with Crippen LogP contribution in [-0.4, -0.2) is 51.1 Å². The minimum absolute atomic E-state index is 0.0911. The predicted molar refractivity (Wildman–Crippen MR) is 120 cm³/mol. The number of carbonyl (C=O) groups is 1. The molecule has 4 heterocycles. The van der Waals surface area contributed by atoms with Gasteiger partial charge in [-0.3, -0.25) is 9.78 Å². The van der Waals surface area contributed by atoms with Gasteiger partial charge in [-0.1, -0.05) is 18.2 Å². The first-order valence-electron chi connectivity index (χ1n) is 10.3. The average Bonchev–Trinajstić information content (AvgIpc) is 2.82. The Balaban J connectivity index is 1.41. The first-order chi connectivity index (χ1) is 16.0. The van der Waals surface area contributed by atoms with Crippen LogP contribution in [0.1, 0.15) is 10.4 Å². The lowest BCUT2D eigenvalue weighted by atomic mass is 10.00. The first-order valence-corrected chi connectivity index (χ1v) is 10.3. The summed E-state index contributed by atoms with van der Waals surface area (Å²) in [5.74, 6) is -0.267. The van der Waals surface area contributed by atoms with E-state index in [1.165, 1.54) is 30.7 Å². The maximum atomic E-state index is 14.8. The van der Waals surface area contributed by atoms with Crippen LogP contribution in [0.25, 0.3) is 22.3 Å². The van der Waals surface area contributed by atoms with Crippen molar-refractivity contribution in [2.24, 2.45) is 0 Å². The number of anilines is 2. The lowest BCUT2D eigenvalue weighted by molar-refractivity contribution is 0.102. The molecular weight excluding hydrogens is 428 g/mol. The van der Waals surface area contributed by atoms with Crippen molar-refractivity contribution in [1.82, 2.24) is 25.3 Å². The number of amides is 1. The summed E-state index contributed by atoms with van der Waals surface area (Å²) in [5.41, 5.74) is 0.0277. The highest BCUT2D eigenvalue weighted by atomic mass is 19.1. The Hall–Kier alpha value is -4.05. The number of hydrogen-bond acceptors (Lipinski definition) is 7. The fourth-order valence-corrected chi connectivity index (χ4v) is 3.40. The number of alkyl halides is 1. The van der Waals surface area contributed by atoms with Crippen LogP contribution in [0, 0.1) is 5.82 Å². The van der Waals surface area contributed by atoms with Crippen LogP contribution < -0.4 is 16.0 Å². The number of nitrogens with one attached hydrogen (secondary N) is 3. The highest BCUT2D eigenvalue weighted by Gasteiger charge is 2.36. The molecule has 1 aromatic carbocycles. The molecule has 1 amide bonds. The smallest absolute Gasteiger partial charge is 0.256 e. The van der Waals surface area contributed by atoms with E-state index in [-0.39, 0.29) is 42.4 Å². The van der Waals surface area contributed by atoms with Gasteiger partial charge in [-0.15, -0.1) is 0 Å². The normalized spacial score (nSPS) is 14.5. The van der Waals surface area contributed by atoms with Gasteiger partial charge in [-0.2, -0.15) is 0 Å². The maximum Gasteiger partial charge on any atom is 0.256 e. The molecule has 3 N–H and O–H groups in total. The van der Waals surface area contributed by atoms with Crippen LogP contribution in [0.15, 0.2) is 61.1 Å². The topological polar surface area (TPSA) is 105 Å². The summed E-state index contributed by atoms with van der Waals surface area (Å²) in [5, 5.41) is 8.71. The highest BCUT2D eigenvalue weighted by Crippen LogP contribution is 2.25. The van der Waals surface area contributed by atoms with E-state index < -0.39 is 11.5 Å². The van der Waals surface area contributed by atoms with Crippen molar-refractivity contribution in [3.05, 3.63) is 72.4 Å². The fourth-order valence-electron chi connectivity index (χ4n) is 3.40. The predicted octanol–water partition coefficient (Wildman–Crippen LogP) is 3.20. The summed E-state index contributed by atoms with van der Waals surface area (Å²) in [6.45, 7) is 0.650. The third-order valence-electron chi connectivity index (χ3n) is 5.29. The van der Waals surface area contributed by atoms with Gasteiger partial charge in [0.25, 0.3) is 5.91 Å². The molecule has 0 spiro atoms. The van der Waals surface area contributed by atoms with Gasteiger partial charge in [0.1, 0.15) is 23.1 Å². The number of rotatable bonds is 6. The van der Waals surface area contributed by atoms with Gasteiger partial charge < -0.3 is 16.0 Å². The van der Waals surface area contributed by atoms with E-state index in [1.54, 1.807) is 24.3 Å². The minimum Gasteiger partial charge on any atom is -0.365 e. The number of fused-ring (bicyclic) bond motifs is 1. The third kappa shape index (κ3) is 4.46. The zero-order chi connectivity index (χ0) is 22.8. The summed E-state index contributed by atoms with van der Waals surface area (Å²) >= 11 is 0. The maximum absolute atomic E-state index is 14.8. The molecule has 0 bridgehead atoms. The second kappa shape index (κ2) is 8.47. The molecule has 0 atom stereocenters. The summed E-state index contributed by atoms with van der Waals surface area (Å²) in [4.78, 5) is 29.5. The molecule has 0 radical (unpaired) electrons. The minimum atomic E-state index is -1.32. The number of halogens is 2.